The molecule has 4 rings (SSSR count). The molecule has 0 bridgehead atoms. The first-order valence-corrected chi connectivity index (χ1v) is 11.1. The number of fused-ring (bicyclic) bond motifs is 1. The first-order valence-electron chi connectivity index (χ1n) is 10.4. The van der Waals surface area contributed by atoms with E-state index < -0.39 is 0 Å². The van der Waals surface area contributed by atoms with Crippen LogP contribution in [0.4, 0.5) is 0 Å². The smallest absolute Gasteiger partial charge is 0.226 e. The molecule has 2 aliphatic rings. The fraction of sp³-hybridized carbons (Fsp3) is 0.458. The summed E-state index contributed by atoms with van der Waals surface area (Å²) in [4.78, 5) is 12.7. The number of hydrogen-bond donors (Lipinski definition) is 2. The summed E-state index contributed by atoms with van der Waals surface area (Å²) in [7, 11) is 0. The van der Waals surface area contributed by atoms with Crippen molar-refractivity contribution in [1.29, 1.82) is 0 Å². The van der Waals surface area contributed by atoms with Crippen LogP contribution in [-0.2, 0) is 4.79 Å². The molecular formula is C24H29Cl2NO2. The van der Waals surface area contributed by atoms with Crippen molar-refractivity contribution >= 4 is 29.1 Å². The Balaban J connectivity index is 0.00000117. The minimum absolute atomic E-state index is 0.0851. The maximum atomic E-state index is 12.7. The van der Waals surface area contributed by atoms with Crippen molar-refractivity contribution in [3.8, 4) is 5.75 Å². The van der Waals surface area contributed by atoms with Gasteiger partial charge in [0, 0.05) is 22.0 Å². The maximum Gasteiger partial charge on any atom is 0.226 e. The van der Waals surface area contributed by atoms with Gasteiger partial charge in [0.05, 0.1) is 5.41 Å². The largest absolute Gasteiger partial charge is 0.508 e. The van der Waals surface area contributed by atoms with Crippen LogP contribution in [0, 0.1) is 11.3 Å². The van der Waals surface area contributed by atoms with Crippen LogP contribution in [0.2, 0.25) is 10.0 Å². The van der Waals surface area contributed by atoms with Gasteiger partial charge in [0.1, 0.15) is 5.75 Å². The molecule has 2 fully saturated rings. The molecule has 5 unspecified atom stereocenters. The van der Waals surface area contributed by atoms with Gasteiger partial charge in [-0.1, -0.05) is 62.2 Å². The second-order valence-electron chi connectivity index (χ2n) is 8.13. The minimum atomic E-state index is -0.385. The number of halogens is 2. The molecule has 2 N–H and O–H groups in total. The zero-order chi connectivity index (χ0) is 21.3. The van der Waals surface area contributed by atoms with Gasteiger partial charge >= 0.3 is 0 Å². The van der Waals surface area contributed by atoms with Gasteiger partial charge in [-0.15, -0.1) is 0 Å². The van der Waals surface area contributed by atoms with Crippen LogP contribution in [0.1, 0.15) is 63.5 Å². The number of nitrogens with one attached hydrogen (secondary N) is 1. The molecule has 1 saturated carbocycles. The van der Waals surface area contributed by atoms with Crippen LogP contribution in [0.3, 0.4) is 0 Å². The highest BCUT2D eigenvalue weighted by Gasteiger charge is 2.57. The number of hydrogen-bond acceptors (Lipinski definition) is 2. The van der Waals surface area contributed by atoms with Gasteiger partial charge in [-0.2, -0.15) is 0 Å². The highest BCUT2D eigenvalue weighted by Crippen LogP contribution is 2.59. The number of carbonyl (C=O) groups is 1. The third-order valence-electron chi connectivity index (χ3n) is 6.59. The molecule has 5 atom stereocenters. The lowest BCUT2D eigenvalue weighted by Crippen LogP contribution is -2.42. The number of carbonyl (C=O) groups excluding carboxylic acids is 1. The van der Waals surface area contributed by atoms with E-state index in [1.807, 2.05) is 32.0 Å². The monoisotopic (exact) mass is 433 g/mol. The highest BCUT2D eigenvalue weighted by atomic mass is 35.5. The first-order chi connectivity index (χ1) is 13.8. The van der Waals surface area contributed by atoms with Crippen LogP contribution < -0.4 is 5.32 Å². The highest BCUT2D eigenvalue weighted by molar-refractivity contribution is 6.31. The number of benzene rings is 2. The van der Waals surface area contributed by atoms with E-state index in [4.69, 9.17) is 23.2 Å². The molecule has 1 aliphatic heterocycles. The summed E-state index contributed by atoms with van der Waals surface area (Å²) in [5.74, 6) is 0.784. The van der Waals surface area contributed by atoms with E-state index in [1.54, 1.807) is 12.1 Å². The van der Waals surface area contributed by atoms with Crippen molar-refractivity contribution in [3.05, 3.63) is 63.6 Å². The summed E-state index contributed by atoms with van der Waals surface area (Å²) in [5.41, 5.74) is 1.82. The Hall–Kier alpha value is -1.71. The topological polar surface area (TPSA) is 49.3 Å². The zero-order valence-corrected chi connectivity index (χ0v) is 18.9. The number of aromatic hydroxyl groups is 1. The number of phenols is 1. The molecule has 1 aliphatic carbocycles. The van der Waals surface area contributed by atoms with Gasteiger partial charge in [-0.25, -0.2) is 0 Å². The Morgan fingerprint density at radius 1 is 1.10 bits per heavy atom. The van der Waals surface area contributed by atoms with E-state index >= 15 is 0 Å². The van der Waals surface area contributed by atoms with E-state index in [-0.39, 0.29) is 40.9 Å². The molecule has 2 aromatic carbocycles. The lowest BCUT2D eigenvalue weighted by atomic mass is 9.56. The normalized spacial score (nSPS) is 30.8. The van der Waals surface area contributed by atoms with E-state index in [0.29, 0.717) is 10.0 Å². The van der Waals surface area contributed by atoms with Crippen molar-refractivity contribution in [1.82, 2.24) is 5.32 Å². The van der Waals surface area contributed by atoms with Crippen LogP contribution in [0.15, 0.2) is 42.5 Å². The molecule has 1 heterocycles. The molecule has 29 heavy (non-hydrogen) atoms. The van der Waals surface area contributed by atoms with E-state index in [1.165, 1.54) is 5.56 Å². The van der Waals surface area contributed by atoms with Crippen molar-refractivity contribution in [2.75, 3.05) is 0 Å². The quantitative estimate of drug-likeness (QED) is 0.565. The molecule has 3 nitrogen and oxygen atoms in total. The van der Waals surface area contributed by atoms with Gasteiger partial charge < -0.3 is 10.4 Å². The van der Waals surface area contributed by atoms with Gasteiger partial charge in [0.25, 0.3) is 0 Å². The Kier molecular flexibility index (Phi) is 6.50. The lowest BCUT2D eigenvalue weighted by molar-refractivity contribution is -0.129. The number of rotatable bonds is 2. The molecular weight excluding hydrogens is 405 g/mol. The van der Waals surface area contributed by atoms with Gasteiger partial charge in [-0.05, 0) is 67.0 Å². The predicted molar refractivity (Wildman–Crippen MR) is 120 cm³/mol. The van der Waals surface area contributed by atoms with Gasteiger partial charge in [0.2, 0.25) is 5.91 Å². The third kappa shape index (κ3) is 3.87. The third-order valence-corrected chi connectivity index (χ3v) is 7.16. The molecule has 2 aromatic rings. The van der Waals surface area contributed by atoms with Crippen molar-refractivity contribution in [2.24, 2.45) is 11.3 Å². The van der Waals surface area contributed by atoms with Crippen molar-refractivity contribution < 1.29 is 9.90 Å². The Morgan fingerprint density at radius 2 is 1.76 bits per heavy atom. The molecule has 0 aromatic heterocycles. The second kappa shape index (κ2) is 8.57. The summed E-state index contributed by atoms with van der Waals surface area (Å²) >= 11 is 12.6. The fourth-order valence-electron chi connectivity index (χ4n) is 5.33. The summed E-state index contributed by atoms with van der Waals surface area (Å²) < 4.78 is 0. The number of amides is 1. The molecule has 0 spiro atoms. The molecule has 5 heteroatoms. The van der Waals surface area contributed by atoms with Crippen molar-refractivity contribution in [3.63, 3.8) is 0 Å². The molecule has 1 amide bonds. The van der Waals surface area contributed by atoms with Gasteiger partial charge in [-0.3, -0.25) is 4.79 Å². The van der Waals surface area contributed by atoms with Crippen LogP contribution >= 0.6 is 23.2 Å². The van der Waals surface area contributed by atoms with Crippen LogP contribution in [-0.4, -0.2) is 17.1 Å². The summed E-state index contributed by atoms with van der Waals surface area (Å²) in [6, 6.07) is 13.2. The zero-order valence-electron chi connectivity index (χ0n) is 17.4. The predicted octanol–water partition coefficient (Wildman–Crippen LogP) is 6.53. The van der Waals surface area contributed by atoms with E-state index in [0.717, 1.165) is 18.4 Å². The van der Waals surface area contributed by atoms with E-state index in [2.05, 4.69) is 31.3 Å². The van der Waals surface area contributed by atoms with Crippen molar-refractivity contribution in [2.45, 2.75) is 58.4 Å². The minimum Gasteiger partial charge on any atom is -0.508 e. The number of phenolic OH excluding ortho intramolecular Hbond substituents is 1. The Morgan fingerprint density at radius 3 is 2.38 bits per heavy atom. The average molecular weight is 434 g/mol. The average Bonchev–Trinajstić information content (AvgIpc) is 2.93. The summed E-state index contributed by atoms with van der Waals surface area (Å²) in [6.45, 7) is 8.19. The maximum absolute atomic E-state index is 12.7. The van der Waals surface area contributed by atoms with Crippen LogP contribution in [0.25, 0.3) is 0 Å². The van der Waals surface area contributed by atoms with Gasteiger partial charge in [0.15, 0.2) is 0 Å². The van der Waals surface area contributed by atoms with Crippen LogP contribution in [0.5, 0.6) is 5.75 Å². The first kappa shape index (κ1) is 22.0. The molecule has 156 valence electrons. The Bertz CT molecular complexity index is 883. The SMILES string of the molecule is CC.CC1NC(=O)C2(C)CCC(c3ccc(O)cc3Cl)C(c3ccc(Cl)cc3)C12. The summed E-state index contributed by atoms with van der Waals surface area (Å²) in [6.07, 6.45) is 1.69. The standard InChI is InChI=1S/C22H23Cl2NO2.C2H6/c1-12-20-19(13-3-5-14(23)6-4-13)17(9-10-22(20,2)21(27)25-12)16-8-7-15(26)11-18(16)24;1-2/h3-8,11-12,17,19-20,26H,9-10H2,1-2H3,(H,25,27);1-2H3. The summed E-state index contributed by atoms with van der Waals surface area (Å²) in [5, 5.41) is 14.2. The lowest BCUT2D eigenvalue weighted by Gasteiger charge is -2.46. The molecule has 1 saturated heterocycles. The van der Waals surface area contributed by atoms with E-state index in [9.17, 15) is 9.90 Å². The molecule has 0 radical (unpaired) electrons. The Labute approximate surface area is 183 Å². The second-order valence-corrected chi connectivity index (χ2v) is 8.98. The fourth-order valence-corrected chi connectivity index (χ4v) is 5.77.